The molecule has 4 nitrogen and oxygen atoms in total. The van der Waals surface area contributed by atoms with Gasteiger partial charge in [-0.3, -0.25) is 0 Å². The Balaban J connectivity index is 1.21. The lowest BCUT2D eigenvalue weighted by molar-refractivity contribution is 0.645. The van der Waals surface area contributed by atoms with Gasteiger partial charge >= 0.3 is 0 Å². The van der Waals surface area contributed by atoms with Crippen LogP contribution in [0.3, 0.4) is 0 Å². The molecule has 0 radical (unpaired) electrons. The highest BCUT2D eigenvalue weighted by Crippen LogP contribution is 2.52. The number of rotatable bonds is 4. The van der Waals surface area contributed by atoms with E-state index in [4.69, 9.17) is 15.0 Å². The van der Waals surface area contributed by atoms with Gasteiger partial charge in [-0.1, -0.05) is 135 Å². The molecule has 0 unspecified atom stereocenters. The van der Waals surface area contributed by atoms with E-state index in [2.05, 4.69) is 115 Å². The van der Waals surface area contributed by atoms with Gasteiger partial charge in [0.05, 0.1) is 11.0 Å². The molecule has 0 fully saturated rings. The summed E-state index contributed by atoms with van der Waals surface area (Å²) in [5, 5.41) is 5.13. The molecule has 50 heavy (non-hydrogen) atoms. The van der Waals surface area contributed by atoms with Crippen LogP contribution in [0.25, 0.3) is 83.6 Å². The monoisotopic (exact) mass is 640 g/mol. The lowest BCUT2D eigenvalue weighted by atomic mass is 9.68. The standard InChI is InChI=1S/C46H32N4/c1-46(2)37-21-11-9-20-35(37)41-40-32(18-13-22-38(40)46)28-36-34-19-10-12-23-39(34)50(42(36)41)33-26-24-31(25-27-33)45-48-43(29-14-5-3-6-15-29)47-44(49-45)30-16-7-4-8-17-30/h3-28H,1-2H3. The highest BCUT2D eigenvalue weighted by molar-refractivity contribution is 6.23. The fourth-order valence-electron chi connectivity index (χ4n) is 8.04. The number of fused-ring (bicyclic) bond motifs is 6. The summed E-state index contributed by atoms with van der Waals surface area (Å²) in [6, 6.07) is 55.9. The third kappa shape index (κ3) is 4.21. The summed E-state index contributed by atoms with van der Waals surface area (Å²) in [5.41, 5.74) is 11.6. The maximum absolute atomic E-state index is 4.98. The van der Waals surface area contributed by atoms with E-state index in [0.717, 1.165) is 22.4 Å². The van der Waals surface area contributed by atoms with Crippen LogP contribution in [0, 0.1) is 0 Å². The minimum Gasteiger partial charge on any atom is -0.309 e. The molecule has 1 aliphatic rings. The van der Waals surface area contributed by atoms with Crippen molar-refractivity contribution in [2.75, 3.05) is 0 Å². The molecule has 1 aliphatic carbocycles. The minimum absolute atomic E-state index is 0.114. The van der Waals surface area contributed by atoms with E-state index in [1.165, 1.54) is 54.8 Å². The SMILES string of the molecule is CC1(C)c2ccccc2-c2c3c1cccc3cc1c3ccccc3n(-c3ccc(-c4nc(-c5ccccc5)nc(-c5ccccc5)n4)cc3)c21. The van der Waals surface area contributed by atoms with E-state index in [1.54, 1.807) is 0 Å². The Hall–Kier alpha value is -6.39. The van der Waals surface area contributed by atoms with Gasteiger partial charge in [0.2, 0.25) is 0 Å². The highest BCUT2D eigenvalue weighted by atomic mass is 15.0. The van der Waals surface area contributed by atoms with Gasteiger partial charge in [0, 0.05) is 44.1 Å². The summed E-state index contributed by atoms with van der Waals surface area (Å²) < 4.78 is 2.45. The lowest BCUT2D eigenvalue weighted by Gasteiger charge is -2.35. The lowest BCUT2D eigenvalue weighted by Crippen LogP contribution is -2.23. The topological polar surface area (TPSA) is 43.6 Å². The molecule has 236 valence electrons. The Morgan fingerprint density at radius 2 is 1.04 bits per heavy atom. The van der Waals surface area contributed by atoms with E-state index in [9.17, 15) is 0 Å². The molecule has 10 rings (SSSR count). The predicted molar refractivity (Wildman–Crippen MR) is 206 cm³/mol. The number of aromatic nitrogens is 4. The van der Waals surface area contributed by atoms with Crippen LogP contribution in [0.4, 0.5) is 0 Å². The maximum Gasteiger partial charge on any atom is 0.164 e. The van der Waals surface area contributed by atoms with E-state index in [-0.39, 0.29) is 5.41 Å². The molecular formula is C46H32N4. The summed E-state index contributed by atoms with van der Waals surface area (Å²) in [6.07, 6.45) is 0. The van der Waals surface area contributed by atoms with Crippen molar-refractivity contribution in [1.29, 1.82) is 0 Å². The second-order valence-corrected chi connectivity index (χ2v) is 13.7. The van der Waals surface area contributed by atoms with Crippen molar-refractivity contribution in [3.05, 3.63) is 169 Å². The van der Waals surface area contributed by atoms with Gasteiger partial charge in [0.25, 0.3) is 0 Å². The van der Waals surface area contributed by atoms with Crippen LogP contribution < -0.4 is 0 Å². The van der Waals surface area contributed by atoms with Crippen LogP contribution in [0.2, 0.25) is 0 Å². The zero-order chi connectivity index (χ0) is 33.4. The van der Waals surface area contributed by atoms with E-state index >= 15 is 0 Å². The Morgan fingerprint density at radius 3 is 1.72 bits per heavy atom. The molecule has 0 saturated heterocycles. The Morgan fingerprint density at radius 1 is 0.480 bits per heavy atom. The van der Waals surface area contributed by atoms with Gasteiger partial charge in [-0.25, -0.2) is 15.0 Å². The molecule has 0 spiro atoms. The van der Waals surface area contributed by atoms with Gasteiger partial charge in [-0.05, 0) is 63.9 Å². The first-order valence-corrected chi connectivity index (χ1v) is 17.1. The van der Waals surface area contributed by atoms with Crippen LogP contribution in [0.15, 0.2) is 158 Å². The first-order valence-electron chi connectivity index (χ1n) is 17.1. The van der Waals surface area contributed by atoms with Crippen molar-refractivity contribution in [1.82, 2.24) is 19.5 Å². The zero-order valence-electron chi connectivity index (χ0n) is 27.8. The van der Waals surface area contributed by atoms with Gasteiger partial charge in [0.15, 0.2) is 17.5 Å². The molecule has 0 amide bonds. The molecule has 2 heterocycles. The van der Waals surface area contributed by atoms with Crippen LogP contribution in [0.5, 0.6) is 0 Å². The maximum atomic E-state index is 4.98. The molecule has 7 aromatic carbocycles. The predicted octanol–water partition coefficient (Wildman–Crippen LogP) is 11.4. The first-order chi connectivity index (χ1) is 24.6. The largest absolute Gasteiger partial charge is 0.309 e. The summed E-state index contributed by atoms with van der Waals surface area (Å²) in [6.45, 7) is 4.71. The third-order valence-corrected chi connectivity index (χ3v) is 10.4. The fraction of sp³-hybridized carbons (Fsp3) is 0.0652. The Bertz CT molecular complexity index is 2700. The Labute approximate surface area is 290 Å². The van der Waals surface area contributed by atoms with Gasteiger partial charge in [0.1, 0.15) is 0 Å². The second-order valence-electron chi connectivity index (χ2n) is 13.7. The molecular weight excluding hydrogens is 609 g/mol. The number of nitrogens with zero attached hydrogens (tertiary/aromatic N) is 4. The number of hydrogen-bond acceptors (Lipinski definition) is 3. The second kappa shape index (κ2) is 10.8. The number of para-hydroxylation sites is 1. The summed E-state index contributed by atoms with van der Waals surface area (Å²) in [5.74, 6) is 1.96. The molecule has 9 aromatic rings. The summed E-state index contributed by atoms with van der Waals surface area (Å²) in [7, 11) is 0. The normalized spacial score (nSPS) is 13.2. The molecule has 0 N–H and O–H groups in total. The van der Waals surface area contributed by atoms with Crippen LogP contribution in [0.1, 0.15) is 25.0 Å². The number of hydrogen-bond donors (Lipinski definition) is 0. The molecule has 0 bridgehead atoms. The smallest absolute Gasteiger partial charge is 0.164 e. The van der Waals surface area contributed by atoms with Crippen molar-refractivity contribution >= 4 is 32.6 Å². The van der Waals surface area contributed by atoms with E-state index in [0.29, 0.717) is 17.5 Å². The molecule has 0 saturated carbocycles. The fourth-order valence-corrected chi connectivity index (χ4v) is 8.04. The zero-order valence-corrected chi connectivity index (χ0v) is 27.8. The van der Waals surface area contributed by atoms with E-state index < -0.39 is 0 Å². The molecule has 0 aliphatic heterocycles. The van der Waals surface area contributed by atoms with Gasteiger partial charge in [-0.2, -0.15) is 0 Å². The molecule has 0 atom stereocenters. The summed E-state index contributed by atoms with van der Waals surface area (Å²) >= 11 is 0. The van der Waals surface area contributed by atoms with Gasteiger partial charge in [-0.15, -0.1) is 0 Å². The van der Waals surface area contributed by atoms with Crippen LogP contribution in [-0.2, 0) is 5.41 Å². The van der Waals surface area contributed by atoms with Gasteiger partial charge < -0.3 is 4.57 Å². The third-order valence-electron chi connectivity index (χ3n) is 10.4. The average molecular weight is 641 g/mol. The molecule has 2 aromatic heterocycles. The number of benzene rings is 7. The highest BCUT2D eigenvalue weighted by Gasteiger charge is 2.35. The molecule has 4 heteroatoms. The van der Waals surface area contributed by atoms with Crippen molar-refractivity contribution in [2.24, 2.45) is 0 Å². The Kier molecular flexibility index (Phi) is 6.19. The van der Waals surface area contributed by atoms with Crippen LogP contribution >= 0.6 is 0 Å². The minimum atomic E-state index is -0.114. The quantitative estimate of drug-likeness (QED) is 0.192. The summed E-state index contributed by atoms with van der Waals surface area (Å²) in [4.78, 5) is 14.8. The average Bonchev–Trinajstić information content (AvgIpc) is 3.51. The van der Waals surface area contributed by atoms with Crippen molar-refractivity contribution in [3.8, 4) is 51.0 Å². The van der Waals surface area contributed by atoms with Crippen molar-refractivity contribution in [3.63, 3.8) is 0 Å². The van der Waals surface area contributed by atoms with Crippen LogP contribution in [-0.4, -0.2) is 19.5 Å². The first kappa shape index (κ1) is 28.6. The van der Waals surface area contributed by atoms with Crippen molar-refractivity contribution < 1.29 is 0 Å². The van der Waals surface area contributed by atoms with E-state index in [1.807, 2.05) is 60.7 Å². The van der Waals surface area contributed by atoms with Crippen molar-refractivity contribution in [2.45, 2.75) is 19.3 Å².